The van der Waals surface area contributed by atoms with Crippen LogP contribution in [-0.2, 0) is 4.74 Å². The summed E-state index contributed by atoms with van der Waals surface area (Å²) in [7, 11) is 0. The zero-order valence-corrected chi connectivity index (χ0v) is 7.71. The van der Waals surface area contributed by atoms with E-state index in [-0.39, 0.29) is 0 Å². The van der Waals surface area contributed by atoms with Crippen LogP contribution in [0.2, 0.25) is 5.02 Å². The van der Waals surface area contributed by atoms with Gasteiger partial charge < -0.3 is 4.74 Å². The van der Waals surface area contributed by atoms with Crippen molar-refractivity contribution in [2.75, 3.05) is 6.54 Å². The minimum atomic E-state index is 0.543. The largest absolute Gasteiger partial charge is 0.442 e. The lowest BCUT2D eigenvalue weighted by Crippen LogP contribution is -1.99. The Morgan fingerprint density at radius 2 is 2.31 bits per heavy atom. The molecular formula is C10H8ClNO. The van der Waals surface area contributed by atoms with Crippen molar-refractivity contribution in [1.29, 1.82) is 0 Å². The van der Waals surface area contributed by atoms with Crippen molar-refractivity contribution in [3.63, 3.8) is 0 Å². The van der Waals surface area contributed by atoms with E-state index in [0.29, 0.717) is 23.2 Å². The number of aliphatic imine (C=N–C) groups is 1. The van der Waals surface area contributed by atoms with Crippen molar-refractivity contribution in [2.45, 2.75) is 0 Å². The Kier molecular flexibility index (Phi) is 2.07. The van der Waals surface area contributed by atoms with E-state index >= 15 is 0 Å². The topological polar surface area (TPSA) is 21.6 Å². The first-order valence-electron chi connectivity index (χ1n) is 3.92. The Hall–Kier alpha value is -1.28. The van der Waals surface area contributed by atoms with Crippen LogP contribution < -0.4 is 0 Å². The summed E-state index contributed by atoms with van der Waals surface area (Å²) in [6.45, 7) is 4.23. The fourth-order valence-corrected chi connectivity index (χ4v) is 1.32. The number of halogens is 1. The van der Waals surface area contributed by atoms with Crippen LogP contribution in [0.5, 0.6) is 0 Å². The zero-order chi connectivity index (χ0) is 9.26. The summed E-state index contributed by atoms with van der Waals surface area (Å²) in [5, 5.41) is 0.682. The predicted molar refractivity (Wildman–Crippen MR) is 53.1 cm³/mol. The molecule has 0 unspecified atom stereocenters. The Morgan fingerprint density at radius 1 is 1.46 bits per heavy atom. The van der Waals surface area contributed by atoms with Crippen LogP contribution in [0.25, 0.3) is 0 Å². The molecule has 1 aromatic carbocycles. The zero-order valence-electron chi connectivity index (χ0n) is 6.96. The molecule has 0 atom stereocenters. The molecule has 3 heteroatoms. The first-order chi connectivity index (χ1) is 6.25. The van der Waals surface area contributed by atoms with E-state index in [1.54, 1.807) is 0 Å². The summed E-state index contributed by atoms with van der Waals surface area (Å²) >= 11 is 5.83. The minimum Gasteiger partial charge on any atom is -0.442 e. The van der Waals surface area contributed by atoms with Gasteiger partial charge in [-0.25, -0.2) is 4.99 Å². The minimum absolute atomic E-state index is 0.543. The van der Waals surface area contributed by atoms with Crippen LogP contribution in [0, 0.1) is 0 Å². The lowest BCUT2D eigenvalue weighted by Gasteiger charge is -2.01. The Labute approximate surface area is 81.5 Å². The van der Waals surface area contributed by atoms with Crippen molar-refractivity contribution >= 4 is 17.5 Å². The standard InChI is InChI=1S/C10H8ClNO/c1-7-6-12-10(13-7)8-3-2-4-9(11)5-8/h2-5H,1,6H2. The van der Waals surface area contributed by atoms with Crippen molar-refractivity contribution in [2.24, 2.45) is 4.99 Å². The summed E-state index contributed by atoms with van der Waals surface area (Å²) in [4.78, 5) is 4.16. The summed E-state index contributed by atoms with van der Waals surface area (Å²) in [5.74, 6) is 1.28. The molecule has 0 saturated heterocycles. The summed E-state index contributed by atoms with van der Waals surface area (Å²) < 4.78 is 5.30. The van der Waals surface area contributed by atoms with Gasteiger partial charge in [-0.2, -0.15) is 0 Å². The number of hydrogen-bond donors (Lipinski definition) is 0. The summed E-state index contributed by atoms with van der Waals surface area (Å²) in [6.07, 6.45) is 0. The molecular weight excluding hydrogens is 186 g/mol. The van der Waals surface area contributed by atoms with Gasteiger partial charge >= 0.3 is 0 Å². The maximum atomic E-state index is 5.83. The maximum Gasteiger partial charge on any atom is 0.222 e. The summed E-state index contributed by atoms with van der Waals surface area (Å²) in [6, 6.07) is 7.41. The smallest absolute Gasteiger partial charge is 0.222 e. The average Bonchev–Trinajstić information content (AvgIpc) is 2.52. The van der Waals surface area contributed by atoms with Crippen molar-refractivity contribution in [3.8, 4) is 0 Å². The molecule has 13 heavy (non-hydrogen) atoms. The van der Waals surface area contributed by atoms with Gasteiger partial charge in [-0.05, 0) is 18.2 Å². The van der Waals surface area contributed by atoms with E-state index in [0.717, 1.165) is 5.56 Å². The second kappa shape index (κ2) is 3.23. The number of nitrogens with zero attached hydrogens (tertiary/aromatic N) is 1. The van der Waals surface area contributed by atoms with Gasteiger partial charge in [-0.3, -0.25) is 0 Å². The van der Waals surface area contributed by atoms with E-state index in [1.807, 2.05) is 24.3 Å². The van der Waals surface area contributed by atoms with Crippen molar-refractivity contribution in [1.82, 2.24) is 0 Å². The van der Waals surface area contributed by atoms with Gasteiger partial charge in [0.05, 0.1) is 0 Å². The molecule has 0 spiro atoms. The average molecular weight is 194 g/mol. The van der Waals surface area contributed by atoms with Gasteiger partial charge in [0, 0.05) is 10.6 Å². The molecule has 0 amide bonds. The molecule has 0 bridgehead atoms. The molecule has 0 saturated carbocycles. The van der Waals surface area contributed by atoms with Gasteiger partial charge in [0.2, 0.25) is 5.90 Å². The van der Waals surface area contributed by atoms with Crippen molar-refractivity contribution in [3.05, 3.63) is 47.2 Å². The molecule has 1 heterocycles. The van der Waals surface area contributed by atoms with Gasteiger partial charge in [-0.15, -0.1) is 0 Å². The quantitative estimate of drug-likeness (QED) is 0.672. The highest BCUT2D eigenvalue weighted by atomic mass is 35.5. The normalized spacial score (nSPS) is 15.5. The lowest BCUT2D eigenvalue weighted by atomic mass is 10.2. The van der Waals surface area contributed by atoms with E-state index in [9.17, 15) is 0 Å². The highest BCUT2D eigenvalue weighted by Crippen LogP contribution is 2.16. The lowest BCUT2D eigenvalue weighted by molar-refractivity contribution is 0.442. The van der Waals surface area contributed by atoms with Gasteiger partial charge in [0.15, 0.2) is 0 Å². The van der Waals surface area contributed by atoms with Crippen LogP contribution in [-0.4, -0.2) is 12.4 Å². The molecule has 0 aromatic heterocycles. The van der Waals surface area contributed by atoms with E-state index < -0.39 is 0 Å². The molecule has 1 aliphatic rings. The second-order valence-corrected chi connectivity index (χ2v) is 3.21. The van der Waals surface area contributed by atoms with Crippen LogP contribution in [0.3, 0.4) is 0 Å². The molecule has 0 radical (unpaired) electrons. The molecule has 0 N–H and O–H groups in total. The first-order valence-corrected chi connectivity index (χ1v) is 4.29. The number of ether oxygens (including phenoxy) is 1. The van der Waals surface area contributed by atoms with Gasteiger partial charge in [0.25, 0.3) is 0 Å². The Bertz CT molecular complexity index is 384. The van der Waals surface area contributed by atoms with Crippen molar-refractivity contribution < 1.29 is 4.74 Å². The molecule has 66 valence electrons. The van der Waals surface area contributed by atoms with Crippen LogP contribution >= 0.6 is 11.6 Å². The van der Waals surface area contributed by atoms with Crippen LogP contribution in [0.1, 0.15) is 5.56 Å². The SMILES string of the molecule is C=C1CN=C(c2cccc(Cl)c2)O1. The summed E-state index contributed by atoms with van der Waals surface area (Å²) in [5.41, 5.74) is 0.895. The fourth-order valence-electron chi connectivity index (χ4n) is 1.13. The Morgan fingerprint density at radius 3 is 2.92 bits per heavy atom. The third-order valence-corrected chi connectivity index (χ3v) is 1.95. The van der Waals surface area contributed by atoms with E-state index in [2.05, 4.69) is 11.6 Å². The molecule has 0 fully saturated rings. The third kappa shape index (κ3) is 1.73. The molecule has 1 aliphatic heterocycles. The number of rotatable bonds is 1. The molecule has 2 rings (SSSR count). The third-order valence-electron chi connectivity index (χ3n) is 1.71. The highest BCUT2D eigenvalue weighted by molar-refractivity contribution is 6.30. The molecule has 0 aliphatic carbocycles. The predicted octanol–water partition coefficient (Wildman–Crippen LogP) is 2.63. The van der Waals surface area contributed by atoms with E-state index in [4.69, 9.17) is 16.3 Å². The van der Waals surface area contributed by atoms with E-state index in [1.165, 1.54) is 0 Å². The Balaban J connectivity index is 2.31. The molecule has 2 nitrogen and oxygen atoms in total. The monoisotopic (exact) mass is 193 g/mol. The van der Waals surface area contributed by atoms with Crippen LogP contribution in [0.15, 0.2) is 41.6 Å². The fraction of sp³-hybridized carbons (Fsp3) is 0.100. The van der Waals surface area contributed by atoms with Gasteiger partial charge in [0.1, 0.15) is 12.3 Å². The molecule has 1 aromatic rings. The second-order valence-electron chi connectivity index (χ2n) is 2.77. The maximum absolute atomic E-state index is 5.83. The van der Waals surface area contributed by atoms with Gasteiger partial charge in [-0.1, -0.05) is 24.2 Å². The van der Waals surface area contributed by atoms with Crippen LogP contribution in [0.4, 0.5) is 0 Å². The number of hydrogen-bond acceptors (Lipinski definition) is 2. The first kappa shape index (κ1) is 8.32. The number of benzene rings is 1. The highest BCUT2D eigenvalue weighted by Gasteiger charge is 2.13.